The second-order valence-corrected chi connectivity index (χ2v) is 4.89. The maximum Gasteiger partial charge on any atom is 0.226 e. The predicted molar refractivity (Wildman–Crippen MR) is 64.0 cm³/mol. The molecule has 0 saturated heterocycles. The van der Waals surface area contributed by atoms with E-state index in [-0.39, 0.29) is 23.9 Å². The number of nitrogens with two attached hydrogens (primary N) is 1. The van der Waals surface area contributed by atoms with Gasteiger partial charge in [-0.15, -0.1) is 0 Å². The lowest BCUT2D eigenvalue weighted by atomic mass is 10.1. The zero-order valence-electron chi connectivity index (χ0n) is 10.6. The standard InChI is InChI=1S/C12H24N2O2/c1-9(2)14(6-7-16-3)12(15)10-4-5-11(13)8-10/h9-11H,4-8,13H2,1-3H3. The lowest BCUT2D eigenvalue weighted by molar-refractivity contribution is -0.137. The molecule has 0 bridgehead atoms. The second kappa shape index (κ2) is 6.21. The summed E-state index contributed by atoms with van der Waals surface area (Å²) in [6, 6.07) is 0.449. The molecule has 2 atom stereocenters. The topological polar surface area (TPSA) is 55.6 Å². The molecule has 1 rings (SSSR count). The molecule has 1 aliphatic carbocycles. The number of methoxy groups -OCH3 is 1. The molecule has 1 saturated carbocycles. The van der Waals surface area contributed by atoms with Gasteiger partial charge in [0.2, 0.25) is 5.91 Å². The largest absolute Gasteiger partial charge is 0.383 e. The quantitative estimate of drug-likeness (QED) is 0.763. The second-order valence-electron chi connectivity index (χ2n) is 4.89. The summed E-state index contributed by atoms with van der Waals surface area (Å²) in [5.41, 5.74) is 5.84. The molecule has 94 valence electrons. The van der Waals surface area contributed by atoms with Gasteiger partial charge in [0, 0.05) is 31.7 Å². The number of carbonyl (C=O) groups is 1. The number of hydrogen-bond acceptors (Lipinski definition) is 3. The van der Waals surface area contributed by atoms with Crippen molar-refractivity contribution in [2.45, 2.75) is 45.2 Å². The minimum Gasteiger partial charge on any atom is -0.383 e. The first-order valence-corrected chi connectivity index (χ1v) is 6.11. The molecule has 0 heterocycles. The Morgan fingerprint density at radius 1 is 1.50 bits per heavy atom. The Morgan fingerprint density at radius 2 is 2.19 bits per heavy atom. The van der Waals surface area contributed by atoms with Gasteiger partial charge in [-0.3, -0.25) is 4.79 Å². The van der Waals surface area contributed by atoms with Gasteiger partial charge in [-0.05, 0) is 33.1 Å². The van der Waals surface area contributed by atoms with Crippen LogP contribution < -0.4 is 5.73 Å². The van der Waals surface area contributed by atoms with E-state index in [1.165, 1.54) is 0 Å². The van der Waals surface area contributed by atoms with E-state index < -0.39 is 0 Å². The van der Waals surface area contributed by atoms with Crippen LogP contribution in [-0.2, 0) is 9.53 Å². The third kappa shape index (κ3) is 3.46. The fourth-order valence-corrected chi connectivity index (χ4v) is 2.29. The zero-order chi connectivity index (χ0) is 12.1. The molecule has 4 nitrogen and oxygen atoms in total. The van der Waals surface area contributed by atoms with Crippen molar-refractivity contribution in [3.8, 4) is 0 Å². The summed E-state index contributed by atoms with van der Waals surface area (Å²) in [4.78, 5) is 14.2. The highest BCUT2D eigenvalue weighted by atomic mass is 16.5. The maximum atomic E-state index is 12.3. The first-order chi connectivity index (χ1) is 7.56. The number of carbonyl (C=O) groups excluding carboxylic acids is 1. The monoisotopic (exact) mass is 228 g/mol. The number of hydrogen-bond donors (Lipinski definition) is 1. The first-order valence-electron chi connectivity index (χ1n) is 6.11. The molecule has 1 aliphatic rings. The third-order valence-electron chi connectivity index (χ3n) is 3.27. The molecule has 2 N–H and O–H groups in total. The van der Waals surface area contributed by atoms with Crippen molar-refractivity contribution in [3.05, 3.63) is 0 Å². The highest BCUT2D eigenvalue weighted by molar-refractivity contribution is 5.79. The minimum absolute atomic E-state index is 0.134. The molecule has 0 aliphatic heterocycles. The Balaban J connectivity index is 2.53. The van der Waals surface area contributed by atoms with Gasteiger partial charge in [0.05, 0.1) is 6.61 Å². The average molecular weight is 228 g/mol. The average Bonchev–Trinajstić information content (AvgIpc) is 2.64. The molecule has 0 aromatic rings. The van der Waals surface area contributed by atoms with Gasteiger partial charge in [0.1, 0.15) is 0 Å². The molecular formula is C12H24N2O2. The Kier molecular flexibility index (Phi) is 5.22. The van der Waals surface area contributed by atoms with Crippen molar-refractivity contribution in [2.75, 3.05) is 20.3 Å². The van der Waals surface area contributed by atoms with Crippen LogP contribution in [0.25, 0.3) is 0 Å². The predicted octanol–water partition coefficient (Wildman–Crippen LogP) is 0.997. The van der Waals surface area contributed by atoms with Crippen molar-refractivity contribution >= 4 is 5.91 Å². The summed E-state index contributed by atoms with van der Waals surface area (Å²) < 4.78 is 5.04. The summed E-state index contributed by atoms with van der Waals surface area (Å²) in [6.07, 6.45) is 2.76. The molecule has 2 unspecified atom stereocenters. The molecule has 0 aromatic carbocycles. The SMILES string of the molecule is COCCN(C(=O)C1CCC(N)C1)C(C)C. The molecule has 16 heavy (non-hydrogen) atoms. The van der Waals surface area contributed by atoms with Crippen molar-refractivity contribution in [1.29, 1.82) is 0 Å². The van der Waals surface area contributed by atoms with Gasteiger partial charge in [-0.1, -0.05) is 0 Å². The van der Waals surface area contributed by atoms with Gasteiger partial charge in [0.15, 0.2) is 0 Å². The molecule has 1 amide bonds. The fourth-order valence-electron chi connectivity index (χ4n) is 2.29. The van der Waals surface area contributed by atoms with Crippen LogP contribution in [0.4, 0.5) is 0 Å². The summed E-state index contributed by atoms with van der Waals surface area (Å²) in [5.74, 6) is 0.384. The fraction of sp³-hybridized carbons (Fsp3) is 0.917. The Labute approximate surface area is 98.1 Å². The first kappa shape index (κ1) is 13.5. The van der Waals surface area contributed by atoms with Crippen LogP contribution >= 0.6 is 0 Å². The van der Waals surface area contributed by atoms with Crippen molar-refractivity contribution in [1.82, 2.24) is 4.90 Å². The normalized spacial score (nSPS) is 25.1. The summed E-state index contributed by atoms with van der Waals surface area (Å²) in [5, 5.41) is 0. The van der Waals surface area contributed by atoms with Gasteiger partial charge in [0.25, 0.3) is 0 Å². The summed E-state index contributed by atoms with van der Waals surface area (Å²) >= 11 is 0. The number of ether oxygens (including phenoxy) is 1. The highest BCUT2D eigenvalue weighted by Gasteiger charge is 2.31. The third-order valence-corrected chi connectivity index (χ3v) is 3.27. The molecular weight excluding hydrogens is 204 g/mol. The Hall–Kier alpha value is -0.610. The Morgan fingerprint density at radius 3 is 2.62 bits per heavy atom. The van der Waals surface area contributed by atoms with E-state index in [0.717, 1.165) is 19.3 Å². The lowest BCUT2D eigenvalue weighted by Crippen LogP contribution is -2.42. The molecule has 0 aromatic heterocycles. The van der Waals surface area contributed by atoms with E-state index in [2.05, 4.69) is 0 Å². The van der Waals surface area contributed by atoms with Gasteiger partial charge >= 0.3 is 0 Å². The molecule has 0 spiro atoms. The number of amides is 1. The molecule has 0 radical (unpaired) electrons. The van der Waals surface area contributed by atoms with Gasteiger partial charge in [-0.25, -0.2) is 0 Å². The van der Waals surface area contributed by atoms with Crippen molar-refractivity contribution < 1.29 is 9.53 Å². The van der Waals surface area contributed by atoms with E-state index >= 15 is 0 Å². The summed E-state index contributed by atoms with van der Waals surface area (Å²) in [6.45, 7) is 5.37. The van der Waals surface area contributed by atoms with Crippen LogP contribution in [0.3, 0.4) is 0 Å². The smallest absolute Gasteiger partial charge is 0.226 e. The Bertz CT molecular complexity index is 231. The van der Waals surface area contributed by atoms with E-state index in [1.54, 1.807) is 7.11 Å². The van der Waals surface area contributed by atoms with E-state index in [4.69, 9.17) is 10.5 Å². The van der Waals surface area contributed by atoms with Crippen LogP contribution in [-0.4, -0.2) is 43.2 Å². The van der Waals surface area contributed by atoms with Crippen molar-refractivity contribution in [2.24, 2.45) is 11.7 Å². The van der Waals surface area contributed by atoms with E-state index in [0.29, 0.717) is 13.2 Å². The van der Waals surface area contributed by atoms with E-state index in [9.17, 15) is 4.79 Å². The van der Waals surface area contributed by atoms with Crippen LogP contribution in [0.2, 0.25) is 0 Å². The van der Waals surface area contributed by atoms with Crippen LogP contribution in [0.5, 0.6) is 0 Å². The van der Waals surface area contributed by atoms with Crippen LogP contribution in [0.1, 0.15) is 33.1 Å². The number of nitrogens with zero attached hydrogens (tertiary/aromatic N) is 1. The van der Waals surface area contributed by atoms with Crippen LogP contribution in [0, 0.1) is 5.92 Å². The van der Waals surface area contributed by atoms with E-state index in [1.807, 2.05) is 18.7 Å². The molecule has 1 fully saturated rings. The number of rotatable bonds is 5. The highest BCUT2D eigenvalue weighted by Crippen LogP contribution is 2.26. The lowest BCUT2D eigenvalue weighted by Gasteiger charge is -2.29. The molecule has 4 heteroatoms. The van der Waals surface area contributed by atoms with Crippen molar-refractivity contribution in [3.63, 3.8) is 0 Å². The van der Waals surface area contributed by atoms with Crippen LogP contribution in [0.15, 0.2) is 0 Å². The minimum atomic E-state index is 0.134. The summed E-state index contributed by atoms with van der Waals surface area (Å²) in [7, 11) is 1.66. The maximum absolute atomic E-state index is 12.3. The zero-order valence-corrected chi connectivity index (χ0v) is 10.6. The van der Waals surface area contributed by atoms with Gasteiger partial charge in [-0.2, -0.15) is 0 Å². The van der Waals surface area contributed by atoms with Gasteiger partial charge < -0.3 is 15.4 Å².